The van der Waals surface area contributed by atoms with Crippen LogP contribution in [-0.2, 0) is 0 Å². The number of fused-ring (bicyclic) bond motifs is 1. The molecule has 0 saturated carbocycles. The van der Waals surface area contributed by atoms with Crippen LogP contribution in [0.2, 0.25) is 10.0 Å². The van der Waals surface area contributed by atoms with Gasteiger partial charge in [0, 0.05) is 23.5 Å². The molecule has 0 bridgehead atoms. The van der Waals surface area contributed by atoms with Crippen molar-refractivity contribution in [1.29, 1.82) is 0 Å². The lowest BCUT2D eigenvalue weighted by Gasteiger charge is -2.10. The molecule has 0 fully saturated rings. The minimum Gasteiger partial charge on any atom is -0.435 e. The number of nitrogens with two attached hydrogens (primary N) is 1. The zero-order valence-electron chi connectivity index (χ0n) is 10.2. The molecule has 0 saturated heterocycles. The quantitative estimate of drug-likeness (QED) is 0.717. The molecule has 2 heterocycles. The van der Waals surface area contributed by atoms with Gasteiger partial charge in [-0.3, -0.25) is 4.98 Å². The molecule has 1 aromatic carbocycles. The van der Waals surface area contributed by atoms with Crippen LogP contribution < -0.4 is 10.5 Å². The molecule has 0 aliphatic heterocycles. The van der Waals surface area contributed by atoms with E-state index in [-0.39, 0.29) is 5.88 Å². The summed E-state index contributed by atoms with van der Waals surface area (Å²) in [5.41, 5.74) is 7.20. The van der Waals surface area contributed by atoms with Crippen molar-refractivity contribution >= 4 is 39.8 Å². The normalized spacial score (nSPS) is 10.7. The number of pyridine rings is 2. The van der Waals surface area contributed by atoms with Crippen LogP contribution in [0.1, 0.15) is 0 Å². The van der Waals surface area contributed by atoms with Gasteiger partial charge in [-0.05, 0) is 30.3 Å². The fourth-order valence-electron chi connectivity index (χ4n) is 1.83. The summed E-state index contributed by atoms with van der Waals surface area (Å²) in [7, 11) is 0. The Hall–Kier alpha value is -2.04. The number of benzene rings is 1. The number of anilines is 1. The van der Waals surface area contributed by atoms with Gasteiger partial charge in [-0.1, -0.05) is 23.2 Å². The summed E-state index contributed by atoms with van der Waals surface area (Å²) >= 11 is 11.8. The first kappa shape index (κ1) is 13.0. The van der Waals surface area contributed by atoms with Crippen molar-refractivity contribution < 1.29 is 4.74 Å². The molecule has 4 nitrogen and oxygen atoms in total. The first-order chi connectivity index (χ1) is 9.65. The molecule has 0 aliphatic rings. The lowest BCUT2D eigenvalue weighted by molar-refractivity contribution is 0.467. The maximum atomic E-state index is 6.04. The topological polar surface area (TPSA) is 61.0 Å². The summed E-state index contributed by atoms with van der Waals surface area (Å²) in [6.07, 6.45) is 3.14. The van der Waals surface area contributed by atoms with E-state index in [1.165, 1.54) is 6.20 Å². The molecule has 2 aromatic heterocycles. The van der Waals surface area contributed by atoms with Crippen LogP contribution >= 0.6 is 23.2 Å². The van der Waals surface area contributed by atoms with E-state index in [9.17, 15) is 0 Å². The van der Waals surface area contributed by atoms with E-state index in [1.54, 1.807) is 24.4 Å². The second-order valence-corrected chi connectivity index (χ2v) is 4.94. The smallest absolute Gasteiger partial charge is 0.238 e. The molecule has 20 heavy (non-hydrogen) atoms. The highest BCUT2D eigenvalue weighted by Gasteiger charge is 2.10. The van der Waals surface area contributed by atoms with Crippen molar-refractivity contribution in [3.05, 3.63) is 52.8 Å². The third kappa shape index (κ3) is 2.35. The number of ether oxygens (including phenoxy) is 1. The van der Waals surface area contributed by atoms with Gasteiger partial charge < -0.3 is 10.5 Å². The number of hydrogen-bond acceptors (Lipinski definition) is 4. The summed E-state index contributed by atoms with van der Waals surface area (Å²) in [5, 5.41) is 1.59. The Morgan fingerprint density at radius 1 is 1.10 bits per heavy atom. The van der Waals surface area contributed by atoms with Crippen molar-refractivity contribution in [2.45, 2.75) is 0 Å². The van der Waals surface area contributed by atoms with Gasteiger partial charge in [0.2, 0.25) is 5.88 Å². The van der Waals surface area contributed by atoms with E-state index in [2.05, 4.69) is 9.97 Å². The summed E-state index contributed by atoms with van der Waals surface area (Å²) in [6, 6.07) is 8.75. The third-order valence-electron chi connectivity index (χ3n) is 2.75. The Morgan fingerprint density at radius 3 is 2.75 bits per heavy atom. The summed E-state index contributed by atoms with van der Waals surface area (Å²) in [4.78, 5) is 8.34. The molecule has 6 heteroatoms. The van der Waals surface area contributed by atoms with Crippen LogP contribution in [-0.4, -0.2) is 9.97 Å². The zero-order chi connectivity index (χ0) is 14.1. The first-order valence-electron chi connectivity index (χ1n) is 5.77. The van der Waals surface area contributed by atoms with E-state index in [0.29, 0.717) is 27.0 Å². The molecule has 3 rings (SSSR count). The minimum absolute atomic E-state index is 0.271. The van der Waals surface area contributed by atoms with Crippen molar-refractivity contribution in [1.82, 2.24) is 9.97 Å². The van der Waals surface area contributed by atoms with E-state index >= 15 is 0 Å². The van der Waals surface area contributed by atoms with Crippen molar-refractivity contribution in [3.63, 3.8) is 0 Å². The van der Waals surface area contributed by atoms with E-state index < -0.39 is 0 Å². The predicted molar refractivity (Wildman–Crippen MR) is 80.5 cm³/mol. The van der Waals surface area contributed by atoms with Gasteiger partial charge >= 0.3 is 0 Å². The SMILES string of the molecule is Nc1ccc(Oc2ncc(Cl)cc2Cl)c2ncccc12. The fourth-order valence-corrected chi connectivity index (χ4v) is 2.25. The maximum Gasteiger partial charge on any atom is 0.238 e. The van der Waals surface area contributed by atoms with Crippen LogP contribution in [0.4, 0.5) is 5.69 Å². The van der Waals surface area contributed by atoms with Gasteiger partial charge in [0.15, 0.2) is 5.75 Å². The largest absolute Gasteiger partial charge is 0.435 e. The Morgan fingerprint density at radius 2 is 1.95 bits per heavy atom. The molecular weight excluding hydrogens is 297 g/mol. The molecule has 0 amide bonds. The number of rotatable bonds is 2. The standard InChI is InChI=1S/C14H9Cl2N3O/c15-8-6-10(16)14(19-7-8)20-12-4-3-11(17)9-2-1-5-18-13(9)12/h1-7H,17H2. The van der Waals surface area contributed by atoms with E-state index in [1.807, 2.05) is 12.1 Å². The Labute approximate surface area is 125 Å². The average molecular weight is 306 g/mol. The molecule has 100 valence electrons. The van der Waals surface area contributed by atoms with Crippen molar-refractivity contribution in [2.75, 3.05) is 5.73 Å². The molecule has 0 atom stereocenters. The van der Waals surface area contributed by atoms with Crippen LogP contribution in [0, 0.1) is 0 Å². The number of halogens is 2. The van der Waals surface area contributed by atoms with Gasteiger partial charge in [-0.25, -0.2) is 4.98 Å². The molecular formula is C14H9Cl2N3O. The van der Waals surface area contributed by atoms with Gasteiger partial charge in [-0.2, -0.15) is 0 Å². The fraction of sp³-hybridized carbons (Fsp3) is 0. The summed E-state index contributed by atoms with van der Waals surface area (Å²) in [6.45, 7) is 0. The highest BCUT2D eigenvalue weighted by atomic mass is 35.5. The average Bonchev–Trinajstić information content (AvgIpc) is 2.45. The van der Waals surface area contributed by atoms with Gasteiger partial charge in [0.25, 0.3) is 0 Å². The number of hydrogen-bond donors (Lipinski definition) is 1. The van der Waals surface area contributed by atoms with Crippen LogP contribution in [0.5, 0.6) is 11.6 Å². The Bertz CT molecular complexity index is 792. The molecule has 2 N–H and O–H groups in total. The number of aromatic nitrogens is 2. The monoisotopic (exact) mass is 305 g/mol. The molecule has 3 aromatic rings. The van der Waals surface area contributed by atoms with Crippen LogP contribution in [0.15, 0.2) is 42.7 Å². The third-order valence-corrected chi connectivity index (χ3v) is 3.22. The minimum atomic E-state index is 0.271. The summed E-state index contributed by atoms with van der Waals surface area (Å²) < 4.78 is 5.71. The molecule has 0 radical (unpaired) electrons. The van der Waals surface area contributed by atoms with Gasteiger partial charge in [0.1, 0.15) is 10.5 Å². The van der Waals surface area contributed by atoms with Crippen molar-refractivity contribution in [2.24, 2.45) is 0 Å². The van der Waals surface area contributed by atoms with Crippen LogP contribution in [0.25, 0.3) is 10.9 Å². The second-order valence-electron chi connectivity index (χ2n) is 4.10. The summed E-state index contributed by atoms with van der Waals surface area (Å²) in [5.74, 6) is 0.805. The van der Waals surface area contributed by atoms with E-state index in [4.69, 9.17) is 33.7 Å². The number of nitrogens with zero attached hydrogens (tertiary/aromatic N) is 2. The van der Waals surface area contributed by atoms with Gasteiger partial charge in [-0.15, -0.1) is 0 Å². The Balaban J connectivity index is 2.09. The predicted octanol–water partition coefficient (Wildman–Crippen LogP) is 4.31. The molecule has 0 unspecified atom stereocenters. The van der Waals surface area contributed by atoms with Crippen molar-refractivity contribution in [3.8, 4) is 11.6 Å². The number of nitrogen functional groups attached to an aromatic ring is 1. The second kappa shape index (κ2) is 5.15. The molecule has 0 aliphatic carbocycles. The first-order valence-corrected chi connectivity index (χ1v) is 6.53. The maximum absolute atomic E-state index is 6.04. The van der Waals surface area contributed by atoms with E-state index in [0.717, 1.165) is 5.39 Å². The Kier molecular flexibility index (Phi) is 3.34. The zero-order valence-corrected chi connectivity index (χ0v) is 11.7. The van der Waals surface area contributed by atoms with Crippen LogP contribution in [0.3, 0.4) is 0 Å². The molecule has 0 spiro atoms. The lowest BCUT2D eigenvalue weighted by atomic mass is 10.2. The lowest BCUT2D eigenvalue weighted by Crippen LogP contribution is -1.94. The highest BCUT2D eigenvalue weighted by molar-refractivity contribution is 6.35. The highest BCUT2D eigenvalue weighted by Crippen LogP contribution is 2.34. The van der Waals surface area contributed by atoms with Gasteiger partial charge in [0.05, 0.1) is 5.02 Å².